The van der Waals surface area contributed by atoms with Crippen LogP contribution in [0.25, 0.3) is 10.8 Å². The fraction of sp³-hybridized carbons (Fsp3) is 0.412. The molecule has 1 aliphatic heterocycles. The van der Waals surface area contributed by atoms with Crippen molar-refractivity contribution < 1.29 is 14.2 Å². The number of fused-ring (bicyclic) bond motifs is 1. The minimum atomic E-state index is -0.100. The van der Waals surface area contributed by atoms with Crippen molar-refractivity contribution in [2.45, 2.75) is 4.90 Å². The number of rotatable bonds is 5. The lowest BCUT2D eigenvalue weighted by molar-refractivity contribution is 0.147. The first-order valence-corrected chi connectivity index (χ1v) is 9.07. The van der Waals surface area contributed by atoms with Gasteiger partial charge in [0, 0.05) is 24.0 Å². The van der Waals surface area contributed by atoms with E-state index in [9.17, 15) is 0 Å². The summed E-state index contributed by atoms with van der Waals surface area (Å²) < 4.78 is 16.4. The van der Waals surface area contributed by atoms with Crippen molar-refractivity contribution in [3.63, 3.8) is 0 Å². The van der Waals surface area contributed by atoms with E-state index in [0.29, 0.717) is 13.2 Å². The van der Waals surface area contributed by atoms with Gasteiger partial charge in [-0.3, -0.25) is 0 Å². The Morgan fingerprint density at radius 2 is 1.76 bits per heavy atom. The van der Waals surface area contributed by atoms with Crippen molar-refractivity contribution in [1.29, 1.82) is 0 Å². The molecule has 1 saturated heterocycles. The van der Waals surface area contributed by atoms with Crippen molar-refractivity contribution in [2.75, 3.05) is 45.0 Å². The summed E-state index contributed by atoms with van der Waals surface area (Å²) in [5, 5.41) is 2.54. The van der Waals surface area contributed by atoms with Crippen LogP contribution in [0, 0.1) is 0 Å². The minimum absolute atomic E-state index is 0.100. The van der Waals surface area contributed by atoms with Gasteiger partial charge in [0.05, 0.1) is 19.8 Å². The Kier molecular flexibility index (Phi) is 5.01. The van der Waals surface area contributed by atoms with Crippen molar-refractivity contribution in [2.24, 2.45) is 0 Å². The predicted molar refractivity (Wildman–Crippen MR) is 89.1 cm³/mol. The van der Waals surface area contributed by atoms with E-state index in [1.165, 1.54) is 27.2 Å². The van der Waals surface area contributed by atoms with Gasteiger partial charge in [-0.1, -0.05) is 24.3 Å². The number of ether oxygens (including phenoxy) is 3. The molecule has 0 unspecified atom stereocenters. The molecule has 0 aliphatic carbocycles. The van der Waals surface area contributed by atoms with E-state index in [4.69, 9.17) is 14.2 Å². The van der Waals surface area contributed by atoms with Crippen molar-refractivity contribution in [1.82, 2.24) is 0 Å². The van der Waals surface area contributed by atoms with Gasteiger partial charge in [0.15, 0.2) is 0 Å². The van der Waals surface area contributed by atoms with Gasteiger partial charge in [-0.2, -0.15) is 0 Å². The van der Waals surface area contributed by atoms with Crippen LogP contribution in [-0.2, 0) is 9.47 Å². The van der Waals surface area contributed by atoms with Crippen LogP contribution in [0.3, 0.4) is 0 Å². The first-order chi connectivity index (χ1) is 10.4. The maximum absolute atomic E-state index is 5.86. The standard InChI is InChI=1S/C17H22O3S/c1-18-8-9-20-16-6-7-17(21-12-10-19-11-13-21)15-5-3-2-4-14(15)16/h2-7,21H,8-13H2,1H3. The van der Waals surface area contributed by atoms with E-state index in [-0.39, 0.29) is 10.9 Å². The second-order valence-corrected chi connectivity index (χ2v) is 7.52. The van der Waals surface area contributed by atoms with E-state index >= 15 is 0 Å². The summed E-state index contributed by atoms with van der Waals surface area (Å²) in [6, 6.07) is 12.9. The van der Waals surface area contributed by atoms with Crippen molar-refractivity contribution in [3.8, 4) is 5.75 Å². The Bertz CT molecular complexity index is 594. The van der Waals surface area contributed by atoms with Crippen LogP contribution in [0.15, 0.2) is 41.3 Å². The predicted octanol–water partition coefficient (Wildman–Crippen LogP) is 3.26. The van der Waals surface area contributed by atoms with Gasteiger partial charge in [0.25, 0.3) is 0 Å². The highest BCUT2D eigenvalue weighted by Crippen LogP contribution is 2.43. The molecular formula is C17H22O3S. The summed E-state index contributed by atoms with van der Waals surface area (Å²) in [6.45, 7) is 2.99. The van der Waals surface area contributed by atoms with Crippen LogP contribution in [0.1, 0.15) is 0 Å². The van der Waals surface area contributed by atoms with Gasteiger partial charge in [-0.15, -0.1) is 0 Å². The van der Waals surface area contributed by atoms with Gasteiger partial charge < -0.3 is 14.2 Å². The molecule has 2 aromatic rings. The average Bonchev–Trinajstić information content (AvgIpc) is 2.56. The normalized spacial score (nSPS) is 17.1. The summed E-state index contributed by atoms with van der Waals surface area (Å²) in [7, 11) is 1.59. The molecule has 1 heterocycles. The molecule has 1 aliphatic rings. The van der Waals surface area contributed by atoms with Gasteiger partial charge >= 0.3 is 0 Å². The molecule has 0 saturated carbocycles. The van der Waals surface area contributed by atoms with Gasteiger partial charge in [-0.25, -0.2) is 10.9 Å². The summed E-state index contributed by atoms with van der Waals surface area (Å²) in [6.07, 6.45) is 0. The van der Waals surface area contributed by atoms with Crippen molar-refractivity contribution in [3.05, 3.63) is 36.4 Å². The number of benzene rings is 2. The first kappa shape index (κ1) is 14.7. The molecular weight excluding hydrogens is 284 g/mol. The van der Waals surface area contributed by atoms with E-state index in [2.05, 4.69) is 36.4 Å². The summed E-state index contributed by atoms with van der Waals surface area (Å²) >= 11 is 0. The zero-order valence-corrected chi connectivity index (χ0v) is 13.3. The van der Waals surface area contributed by atoms with Crippen LogP contribution >= 0.6 is 10.9 Å². The number of thiol groups is 1. The highest BCUT2D eigenvalue weighted by atomic mass is 32.2. The molecule has 0 bridgehead atoms. The molecule has 0 atom stereocenters. The number of hydrogen-bond donors (Lipinski definition) is 1. The zero-order valence-electron chi connectivity index (χ0n) is 12.4. The van der Waals surface area contributed by atoms with Crippen LogP contribution in [-0.4, -0.2) is 45.0 Å². The Morgan fingerprint density at radius 3 is 2.52 bits per heavy atom. The molecule has 4 heteroatoms. The molecule has 0 aromatic heterocycles. The van der Waals surface area contributed by atoms with Crippen LogP contribution < -0.4 is 4.74 Å². The molecule has 0 N–H and O–H groups in total. The van der Waals surface area contributed by atoms with Gasteiger partial charge in [0.2, 0.25) is 0 Å². The molecule has 0 radical (unpaired) electrons. The second-order valence-electron chi connectivity index (χ2n) is 5.07. The quantitative estimate of drug-likeness (QED) is 0.679. The number of methoxy groups -OCH3 is 1. The monoisotopic (exact) mass is 306 g/mol. The van der Waals surface area contributed by atoms with Gasteiger partial charge in [-0.05, 0) is 22.4 Å². The van der Waals surface area contributed by atoms with Gasteiger partial charge in [0.1, 0.15) is 12.4 Å². The lowest BCUT2D eigenvalue weighted by Gasteiger charge is -2.28. The third kappa shape index (κ3) is 3.34. The fourth-order valence-electron chi connectivity index (χ4n) is 2.70. The van der Waals surface area contributed by atoms with Crippen LogP contribution in [0.2, 0.25) is 0 Å². The summed E-state index contributed by atoms with van der Waals surface area (Å²) in [5.41, 5.74) is 0. The molecule has 21 heavy (non-hydrogen) atoms. The average molecular weight is 306 g/mol. The molecule has 0 amide bonds. The summed E-state index contributed by atoms with van der Waals surface area (Å²) in [5.74, 6) is 3.29. The van der Waals surface area contributed by atoms with E-state index < -0.39 is 0 Å². The molecule has 0 spiro atoms. The van der Waals surface area contributed by atoms with Crippen molar-refractivity contribution >= 4 is 21.7 Å². The summed E-state index contributed by atoms with van der Waals surface area (Å²) in [4.78, 5) is 1.49. The fourth-order valence-corrected chi connectivity index (χ4v) is 4.92. The van der Waals surface area contributed by atoms with Crippen LogP contribution in [0.4, 0.5) is 0 Å². The zero-order chi connectivity index (χ0) is 14.5. The topological polar surface area (TPSA) is 27.7 Å². The van der Waals surface area contributed by atoms with E-state index in [1.807, 2.05) is 0 Å². The van der Waals surface area contributed by atoms with Crippen LogP contribution in [0.5, 0.6) is 5.75 Å². The highest BCUT2D eigenvalue weighted by molar-refractivity contribution is 8.17. The third-order valence-electron chi connectivity index (χ3n) is 3.76. The SMILES string of the molecule is COCCOc1ccc([SH]2CCOCC2)c2ccccc12. The molecule has 2 aromatic carbocycles. The second kappa shape index (κ2) is 7.16. The van der Waals surface area contributed by atoms with E-state index in [1.54, 1.807) is 7.11 Å². The number of hydrogen-bond acceptors (Lipinski definition) is 3. The lowest BCUT2D eigenvalue weighted by atomic mass is 10.1. The molecule has 1 fully saturated rings. The molecule has 3 nitrogen and oxygen atoms in total. The Hall–Kier alpha value is -1.23. The lowest BCUT2D eigenvalue weighted by Crippen LogP contribution is -2.15. The maximum Gasteiger partial charge on any atom is 0.127 e. The Balaban J connectivity index is 1.93. The molecule has 3 rings (SSSR count). The Morgan fingerprint density at radius 1 is 1.00 bits per heavy atom. The highest BCUT2D eigenvalue weighted by Gasteiger charge is 2.16. The maximum atomic E-state index is 5.86. The largest absolute Gasteiger partial charge is 0.491 e. The first-order valence-electron chi connectivity index (χ1n) is 7.36. The minimum Gasteiger partial charge on any atom is -0.491 e. The smallest absolute Gasteiger partial charge is 0.127 e. The third-order valence-corrected chi connectivity index (χ3v) is 6.27. The van der Waals surface area contributed by atoms with E-state index in [0.717, 1.165) is 19.0 Å². The molecule has 114 valence electrons. The Labute approximate surface area is 128 Å².